The number of hydrogen-bond donors (Lipinski definition) is 1. The van der Waals surface area contributed by atoms with Gasteiger partial charge in [-0.2, -0.15) is 0 Å². The van der Waals surface area contributed by atoms with E-state index in [1.807, 2.05) is 41.8 Å². The van der Waals surface area contributed by atoms with Crippen LogP contribution in [0.15, 0.2) is 55.4 Å². The molecule has 5 rings (SSSR count). The summed E-state index contributed by atoms with van der Waals surface area (Å²) in [6, 6.07) is 8.28. The Balaban J connectivity index is 1.27. The Kier molecular flexibility index (Phi) is 5.76. The number of rotatable bonds is 5. The number of nitrogens with zero attached hydrogens (tertiary/aromatic N) is 5. The Labute approximate surface area is 182 Å². The fourth-order valence-corrected chi connectivity index (χ4v) is 5.03. The highest BCUT2D eigenvalue weighted by molar-refractivity contribution is 5.78. The lowest BCUT2D eigenvalue weighted by molar-refractivity contribution is -0.132. The predicted octanol–water partition coefficient (Wildman–Crippen LogP) is 2.78. The molecule has 0 aliphatic carbocycles. The van der Waals surface area contributed by atoms with Gasteiger partial charge in [0, 0.05) is 63.1 Å². The number of likely N-dealkylation sites (tertiary alicyclic amines) is 1. The summed E-state index contributed by atoms with van der Waals surface area (Å²) in [5.41, 5.74) is 4.67. The van der Waals surface area contributed by atoms with Crippen molar-refractivity contribution in [3.8, 4) is 0 Å². The fourth-order valence-electron chi connectivity index (χ4n) is 5.03. The van der Waals surface area contributed by atoms with Crippen LogP contribution in [0.25, 0.3) is 0 Å². The molecule has 3 aromatic heterocycles. The quantitative estimate of drug-likeness (QED) is 0.692. The van der Waals surface area contributed by atoms with Gasteiger partial charge in [-0.05, 0) is 42.0 Å². The van der Waals surface area contributed by atoms with Crippen molar-refractivity contribution in [1.29, 1.82) is 0 Å². The molecular formula is C24H28N6O. The second-order valence-electron chi connectivity index (χ2n) is 8.55. The minimum absolute atomic E-state index is 0.197. The lowest BCUT2D eigenvalue weighted by Gasteiger charge is -2.43. The van der Waals surface area contributed by atoms with Crippen LogP contribution in [0.3, 0.4) is 0 Å². The highest BCUT2D eigenvalue weighted by Crippen LogP contribution is 2.39. The summed E-state index contributed by atoms with van der Waals surface area (Å²) in [5, 5.41) is 0. The van der Waals surface area contributed by atoms with Gasteiger partial charge in [0.05, 0.1) is 24.5 Å². The largest absolute Gasteiger partial charge is 0.348 e. The Hall–Kier alpha value is -3.06. The Bertz CT molecular complexity index is 997. The number of imidazole rings is 1. The van der Waals surface area contributed by atoms with Crippen LogP contribution in [0.1, 0.15) is 41.4 Å². The molecule has 0 spiro atoms. The molecule has 7 heteroatoms. The number of nitrogens with one attached hydrogen (secondary N) is 1. The van der Waals surface area contributed by atoms with Crippen molar-refractivity contribution >= 4 is 5.91 Å². The van der Waals surface area contributed by atoms with Crippen molar-refractivity contribution in [2.24, 2.45) is 5.92 Å². The third kappa shape index (κ3) is 4.37. The van der Waals surface area contributed by atoms with Gasteiger partial charge in [0.25, 0.3) is 0 Å². The molecule has 3 aromatic rings. The second-order valence-corrected chi connectivity index (χ2v) is 8.55. The molecule has 160 valence electrons. The number of H-pyrrole nitrogens is 1. The number of hydrogen-bond acceptors (Lipinski definition) is 5. The summed E-state index contributed by atoms with van der Waals surface area (Å²) in [7, 11) is 0. The number of carbonyl (C=O) groups excluding carboxylic acids is 1. The topological polar surface area (TPSA) is 78.0 Å². The molecule has 1 atom stereocenters. The standard InChI is InChI=1S/C24H28N6O/c31-22(13-18-3-1-8-25-14-18)29-10-5-20(6-11-29)24-23-21(27-17-28-23)7-12-30(24)16-19-4-2-9-26-15-19/h1-4,8-9,14-15,17,20,24H,5-7,10-13,16H2,(H,27,28). The van der Waals surface area contributed by atoms with Crippen LogP contribution >= 0.6 is 0 Å². The maximum atomic E-state index is 12.8. The monoisotopic (exact) mass is 416 g/mol. The van der Waals surface area contributed by atoms with E-state index in [-0.39, 0.29) is 11.9 Å². The molecule has 1 amide bonds. The third-order valence-electron chi connectivity index (χ3n) is 6.60. The lowest BCUT2D eigenvalue weighted by atomic mass is 9.83. The number of pyridine rings is 2. The predicted molar refractivity (Wildman–Crippen MR) is 117 cm³/mol. The highest BCUT2D eigenvalue weighted by Gasteiger charge is 2.37. The van der Waals surface area contributed by atoms with Gasteiger partial charge in [-0.25, -0.2) is 4.98 Å². The number of aromatic amines is 1. The first-order chi connectivity index (χ1) is 15.3. The fraction of sp³-hybridized carbons (Fsp3) is 0.417. The maximum Gasteiger partial charge on any atom is 0.227 e. The van der Waals surface area contributed by atoms with Gasteiger partial charge in [-0.1, -0.05) is 12.1 Å². The SMILES string of the molecule is O=C(Cc1cccnc1)N1CCC(C2c3nc[nH]c3CCN2Cc2cccnc2)CC1. The molecule has 2 aliphatic heterocycles. The number of fused-ring (bicyclic) bond motifs is 1. The van der Waals surface area contributed by atoms with Gasteiger partial charge < -0.3 is 9.88 Å². The van der Waals surface area contributed by atoms with Crippen LogP contribution in [-0.2, 0) is 24.2 Å². The second kappa shape index (κ2) is 8.98. The summed E-state index contributed by atoms with van der Waals surface area (Å²) in [5.74, 6) is 0.684. The van der Waals surface area contributed by atoms with Crippen molar-refractivity contribution in [3.63, 3.8) is 0 Å². The summed E-state index contributed by atoms with van der Waals surface area (Å²) in [6.07, 6.45) is 12.5. The van der Waals surface area contributed by atoms with Crippen LogP contribution < -0.4 is 0 Å². The molecule has 0 bridgehead atoms. The van der Waals surface area contributed by atoms with Crippen LogP contribution in [0.5, 0.6) is 0 Å². The molecule has 1 fully saturated rings. The smallest absolute Gasteiger partial charge is 0.227 e. The Morgan fingerprint density at radius 2 is 1.77 bits per heavy atom. The number of aromatic nitrogens is 4. The molecule has 2 aliphatic rings. The molecule has 1 unspecified atom stereocenters. The molecule has 0 saturated carbocycles. The van der Waals surface area contributed by atoms with Crippen molar-refractivity contribution in [1.82, 2.24) is 29.7 Å². The van der Waals surface area contributed by atoms with E-state index in [1.165, 1.54) is 17.0 Å². The van der Waals surface area contributed by atoms with Crippen LogP contribution in [0.4, 0.5) is 0 Å². The molecule has 1 saturated heterocycles. The number of carbonyl (C=O) groups is 1. The van der Waals surface area contributed by atoms with E-state index in [0.717, 1.165) is 51.0 Å². The zero-order valence-electron chi connectivity index (χ0n) is 17.7. The first kappa shape index (κ1) is 19.9. The summed E-state index contributed by atoms with van der Waals surface area (Å²) >= 11 is 0. The maximum absolute atomic E-state index is 12.8. The van der Waals surface area contributed by atoms with Crippen LogP contribution in [0, 0.1) is 5.92 Å². The average molecular weight is 417 g/mol. The molecule has 5 heterocycles. The molecule has 7 nitrogen and oxygen atoms in total. The molecule has 0 aromatic carbocycles. The van der Waals surface area contributed by atoms with E-state index in [9.17, 15) is 4.79 Å². The first-order valence-electron chi connectivity index (χ1n) is 11.1. The van der Waals surface area contributed by atoms with E-state index in [2.05, 4.69) is 25.9 Å². The minimum Gasteiger partial charge on any atom is -0.348 e. The highest BCUT2D eigenvalue weighted by atomic mass is 16.2. The van der Waals surface area contributed by atoms with E-state index in [0.29, 0.717) is 12.3 Å². The molecule has 1 N–H and O–H groups in total. The molecular weight excluding hydrogens is 388 g/mol. The third-order valence-corrected chi connectivity index (χ3v) is 6.60. The Morgan fingerprint density at radius 1 is 1.03 bits per heavy atom. The van der Waals surface area contributed by atoms with Gasteiger partial charge in [0.2, 0.25) is 5.91 Å². The normalized spacial score (nSPS) is 19.9. The van der Waals surface area contributed by atoms with Gasteiger partial charge in [-0.15, -0.1) is 0 Å². The summed E-state index contributed by atoms with van der Waals surface area (Å²) in [6.45, 7) is 3.50. The van der Waals surface area contributed by atoms with Gasteiger partial charge >= 0.3 is 0 Å². The molecule has 31 heavy (non-hydrogen) atoms. The van der Waals surface area contributed by atoms with Crippen molar-refractivity contribution in [3.05, 3.63) is 77.9 Å². The lowest BCUT2D eigenvalue weighted by Crippen LogP contribution is -2.45. The van der Waals surface area contributed by atoms with Crippen molar-refractivity contribution in [2.75, 3.05) is 19.6 Å². The average Bonchev–Trinajstić information content (AvgIpc) is 3.29. The van der Waals surface area contributed by atoms with Gasteiger partial charge in [0.15, 0.2) is 0 Å². The Morgan fingerprint density at radius 3 is 2.48 bits per heavy atom. The van der Waals surface area contributed by atoms with Crippen LogP contribution in [0.2, 0.25) is 0 Å². The zero-order valence-corrected chi connectivity index (χ0v) is 17.7. The van der Waals surface area contributed by atoms with E-state index in [4.69, 9.17) is 4.98 Å². The summed E-state index contributed by atoms with van der Waals surface area (Å²) in [4.78, 5) is 33.8. The van der Waals surface area contributed by atoms with Gasteiger partial charge in [0.1, 0.15) is 0 Å². The molecule has 0 radical (unpaired) electrons. The van der Waals surface area contributed by atoms with Crippen molar-refractivity contribution < 1.29 is 4.79 Å². The number of amides is 1. The van der Waals surface area contributed by atoms with E-state index in [1.54, 1.807) is 12.4 Å². The van der Waals surface area contributed by atoms with Crippen LogP contribution in [-0.4, -0.2) is 55.3 Å². The first-order valence-corrected chi connectivity index (χ1v) is 11.1. The number of piperidine rings is 1. The summed E-state index contributed by atoms with van der Waals surface area (Å²) < 4.78 is 0. The van der Waals surface area contributed by atoms with E-state index >= 15 is 0 Å². The zero-order chi connectivity index (χ0) is 21.0. The van der Waals surface area contributed by atoms with Gasteiger partial charge in [-0.3, -0.25) is 19.7 Å². The van der Waals surface area contributed by atoms with Crippen molar-refractivity contribution in [2.45, 2.75) is 38.3 Å². The van der Waals surface area contributed by atoms with E-state index < -0.39 is 0 Å². The minimum atomic E-state index is 0.197.